The summed E-state index contributed by atoms with van der Waals surface area (Å²) in [5.41, 5.74) is 2.04. The Morgan fingerprint density at radius 1 is 1.21 bits per heavy atom. The maximum absolute atomic E-state index is 12.5. The number of carbonyl (C=O) groups excluding carboxylic acids is 2. The molecule has 0 fully saturated rings. The van der Waals surface area contributed by atoms with E-state index in [4.69, 9.17) is 16.4 Å². The predicted molar refractivity (Wildman–Crippen MR) is 106 cm³/mol. The molecule has 0 aliphatic rings. The second-order valence-electron chi connectivity index (χ2n) is 5.68. The van der Waals surface area contributed by atoms with Crippen molar-refractivity contribution in [1.29, 1.82) is 5.26 Å². The van der Waals surface area contributed by atoms with Gasteiger partial charge in [-0.05, 0) is 49.4 Å². The van der Waals surface area contributed by atoms with Crippen LogP contribution in [0.15, 0.2) is 47.5 Å². The number of fused-ring (bicyclic) bond motifs is 1. The Hall–Kier alpha value is -3.68. The zero-order chi connectivity index (χ0) is 20.1. The standard InChI is InChI=1S/C21H15N3O3S/c1-3-11-24-17-10-9-16(20(26)27-4-2)12-18(17)28-21(24)23-19(25)15-7-5-14(13-22)6-8-15/h1,5-10,12H,4,11H2,2H3. The number of carbonyl (C=O) groups is 2. The van der Waals surface area contributed by atoms with Crippen LogP contribution < -0.4 is 4.80 Å². The van der Waals surface area contributed by atoms with Crippen molar-refractivity contribution >= 4 is 33.4 Å². The van der Waals surface area contributed by atoms with Crippen LogP contribution in [-0.2, 0) is 11.3 Å². The quantitative estimate of drug-likeness (QED) is 0.507. The van der Waals surface area contributed by atoms with E-state index in [9.17, 15) is 9.59 Å². The SMILES string of the molecule is C#CCn1c(=NC(=O)c2ccc(C#N)cc2)sc2cc(C(=O)OCC)ccc21. The van der Waals surface area contributed by atoms with Gasteiger partial charge in [-0.15, -0.1) is 6.42 Å². The molecule has 0 N–H and O–H groups in total. The fraction of sp³-hybridized carbons (Fsp3) is 0.143. The van der Waals surface area contributed by atoms with Gasteiger partial charge in [0.05, 0.1) is 40.6 Å². The molecule has 1 heterocycles. The van der Waals surface area contributed by atoms with Crippen LogP contribution in [0.5, 0.6) is 0 Å². The Kier molecular flexibility index (Phi) is 5.69. The molecule has 0 unspecified atom stereocenters. The van der Waals surface area contributed by atoms with Gasteiger partial charge in [0.25, 0.3) is 5.91 Å². The van der Waals surface area contributed by atoms with E-state index in [0.717, 1.165) is 10.2 Å². The molecule has 2 aromatic carbocycles. The van der Waals surface area contributed by atoms with Crippen LogP contribution in [0.25, 0.3) is 10.2 Å². The van der Waals surface area contributed by atoms with E-state index in [1.54, 1.807) is 54.0 Å². The molecule has 1 amide bonds. The van der Waals surface area contributed by atoms with Crippen LogP contribution in [0.4, 0.5) is 0 Å². The number of aromatic nitrogens is 1. The lowest BCUT2D eigenvalue weighted by Crippen LogP contribution is -2.16. The number of benzene rings is 2. The van der Waals surface area contributed by atoms with Gasteiger partial charge in [0.2, 0.25) is 0 Å². The van der Waals surface area contributed by atoms with Crippen molar-refractivity contribution in [2.24, 2.45) is 4.99 Å². The van der Waals surface area contributed by atoms with Gasteiger partial charge in [0.15, 0.2) is 4.80 Å². The minimum absolute atomic E-state index is 0.234. The molecule has 3 aromatic rings. The number of amides is 1. The maximum Gasteiger partial charge on any atom is 0.338 e. The first-order chi connectivity index (χ1) is 13.6. The van der Waals surface area contributed by atoms with E-state index in [0.29, 0.717) is 21.5 Å². The molecular formula is C21H15N3O3S. The van der Waals surface area contributed by atoms with Gasteiger partial charge >= 0.3 is 5.97 Å². The summed E-state index contributed by atoms with van der Waals surface area (Å²) in [6, 6.07) is 13.4. The molecular weight excluding hydrogens is 374 g/mol. The van der Waals surface area contributed by atoms with Gasteiger partial charge in [-0.2, -0.15) is 10.3 Å². The van der Waals surface area contributed by atoms with Crippen molar-refractivity contribution in [3.63, 3.8) is 0 Å². The Morgan fingerprint density at radius 3 is 2.57 bits per heavy atom. The molecule has 3 rings (SSSR count). The maximum atomic E-state index is 12.5. The Morgan fingerprint density at radius 2 is 1.93 bits per heavy atom. The van der Waals surface area contributed by atoms with E-state index in [1.807, 2.05) is 6.07 Å². The van der Waals surface area contributed by atoms with Crippen molar-refractivity contribution < 1.29 is 14.3 Å². The minimum atomic E-state index is -0.438. The fourth-order valence-electron chi connectivity index (χ4n) is 2.58. The van der Waals surface area contributed by atoms with Gasteiger partial charge in [-0.3, -0.25) is 4.79 Å². The number of esters is 1. The summed E-state index contributed by atoms with van der Waals surface area (Å²) in [6.07, 6.45) is 5.47. The van der Waals surface area contributed by atoms with E-state index >= 15 is 0 Å². The fourth-order valence-corrected chi connectivity index (χ4v) is 3.65. The molecule has 138 valence electrons. The second kappa shape index (κ2) is 8.34. The summed E-state index contributed by atoms with van der Waals surface area (Å²) >= 11 is 1.26. The average molecular weight is 389 g/mol. The lowest BCUT2D eigenvalue weighted by Gasteiger charge is -2.03. The average Bonchev–Trinajstić information content (AvgIpc) is 3.04. The third-order valence-electron chi connectivity index (χ3n) is 3.90. The van der Waals surface area contributed by atoms with Crippen molar-refractivity contribution in [3.05, 3.63) is 64.0 Å². The number of nitriles is 1. The van der Waals surface area contributed by atoms with Gasteiger partial charge < -0.3 is 9.30 Å². The number of thiazole rings is 1. The summed E-state index contributed by atoms with van der Waals surface area (Å²) in [5.74, 6) is 1.71. The Bertz CT molecular complexity index is 1200. The van der Waals surface area contributed by atoms with Crippen molar-refractivity contribution in [2.45, 2.75) is 13.5 Å². The number of hydrogen-bond donors (Lipinski definition) is 0. The molecule has 0 bridgehead atoms. The first-order valence-corrected chi connectivity index (χ1v) is 9.22. The monoisotopic (exact) mass is 389 g/mol. The highest BCUT2D eigenvalue weighted by Crippen LogP contribution is 2.20. The largest absolute Gasteiger partial charge is 0.462 e. The molecule has 1 aromatic heterocycles. The third-order valence-corrected chi connectivity index (χ3v) is 4.94. The normalized spacial score (nSPS) is 11.0. The summed E-state index contributed by atoms with van der Waals surface area (Å²) in [5, 5.41) is 8.86. The highest BCUT2D eigenvalue weighted by atomic mass is 32.1. The van der Waals surface area contributed by atoms with Gasteiger partial charge in [-0.1, -0.05) is 17.3 Å². The number of nitrogens with zero attached hydrogens (tertiary/aromatic N) is 3. The van der Waals surface area contributed by atoms with E-state index in [-0.39, 0.29) is 13.2 Å². The first kappa shape index (κ1) is 19.1. The van der Waals surface area contributed by atoms with Crippen molar-refractivity contribution in [3.8, 4) is 18.4 Å². The first-order valence-electron chi connectivity index (χ1n) is 8.40. The smallest absolute Gasteiger partial charge is 0.338 e. The van der Waals surface area contributed by atoms with Crippen molar-refractivity contribution in [2.75, 3.05) is 6.61 Å². The second-order valence-corrected chi connectivity index (χ2v) is 6.69. The highest BCUT2D eigenvalue weighted by Gasteiger charge is 2.12. The molecule has 0 radical (unpaired) electrons. The van der Waals surface area contributed by atoms with Gasteiger partial charge in [0.1, 0.15) is 0 Å². The minimum Gasteiger partial charge on any atom is -0.462 e. The van der Waals surface area contributed by atoms with Crippen LogP contribution in [0, 0.1) is 23.7 Å². The summed E-state index contributed by atoms with van der Waals surface area (Å²) in [7, 11) is 0. The van der Waals surface area contributed by atoms with Crippen LogP contribution in [0.2, 0.25) is 0 Å². The lowest BCUT2D eigenvalue weighted by molar-refractivity contribution is 0.0526. The van der Waals surface area contributed by atoms with Gasteiger partial charge in [-0.25, -0.2) is 4.79 Å². The molecule has 7 heteroatoms. The molecule has 6 nitrogen and oxygen atoms in total. The Labute approximate surface area is 165 Å². The molecule has 28 heavy (non-hydrogen) atoms. The van der Waals surface area contributed by atoms with Crippen molar-refractivity contribution in [1.82, 2.24) is 4.57 Å². The lowest BCUT2D eigenvalue weighted by atomic mass is 10.1. The molecule has 0 saturated heterocycles. The van der Waals surface area contributed by atoms with Crippen LogP contribution >= 0.6 is 11.3 Å². The molecule has 0 spiro atoms. The van der Waals surface area contributed by atoms with E-state index in [2.05, 4.69) is 10.9 Å². The predicted octanol–water partition coefficient (Wildman–Crippen LogP) is 3.13. The number of hydrogen-bond acceptors (Lipinski definition) is 5. The van der Waals surface area contributed by atoms with E-state index < -0.39 is 11.9 Å². The summed E-state index contributed by atoms with van der Waals surface area (Å²) < 4.78 is 7.55. The number of rotatable bonds is 4. The van der Waals surface area contributed by atoms with Gasteiger partial charge in [0, 0.05) is 5.56 Å². The highest BCUT2D eigenvalue weighted by molar-refractivity contribution is 7.16. The molecule has 0 saturated carbocycles. The molecule has 0 aliphatic carbocycles. The number of terminal acetylenes is 1. The molecule has 0 atom stereocenters. The summed E-state index contributed by atoms with van der Waals surface area (Å²) in [6.45, 7) is 2.27. The zero-order valence-corrected chi connectivity index (χ0v) is 15.8. The van der Waals surface area contributed by atoms with Crippen LogP contribution in [-0.4, -0.2) is 23.1 Å². The molecule has 0 aliphatic heterocycles. The zero-order valence-electron chi connectivity index (χ0n) is 15.0. The Balaban J connectivity index is 2.08. The number of ether oxygens (including phenoxy) is 1. The van der Waals surface area contributed by atoms with E-state index in [1.165, 1.54) is 11.3 Å². The topological polar surface area (TPSA) is 84.5 Å². The summed E-state index contributed by atoms with van der Waals surface area (Å²) in [4.78, 5) is 29.1. The van der Waals surface area contributed by atoms with Crippen LogP contribution in [0.3, 0.4) is 0 Å². The van der Waals surface area contributed by atoms with Crippen LogP contribution in [0.1, 0.15) is 33.2 Å². The third kappa shape index (κ3) is 3.85.